The van der Waals surface area contributed by atoms with E-state index in [9.17, 15) is 4.79 Å². The third-order valence-electron chi connectivity index (χ3n) is 1.59. The summed E-state index contributed by atoms with van der Waals surface area (Å²) in [5, 5.41) is 11.7. The fourth-order valence-corrected chi connectivity index (χ4v) is 0.805. The Morgan fingerprint density at radius 2 is 2.33 bits per heavy atom. The van der Waals surface area contributed by atoms with Crippen LogP contribution in [0, 0.1) is 0 Å². The van der Waals surface area contributed by atoms with Gasteiger partial charge in [-0.1, -0.05) is 0 Å². The van der Waals surface area contributed by atoms with Crippen LogP contribution in [0.1, 0.15) is 6.92 Å². The first kappa shape index (κ1) is 11.6. The van der Waals surface area contributed by atoms with Gasteiger partial charge >= 0.3 is 0 Å². The van der Waals surface area contributed by atoms with Crippen LogP contribution in [-0.4, -0.2) is 43.8 Å². The number of nitrogens with one attached hydrogen (secondary N) is 1. The molecule has 69 valence electrons. The van der Waals surface area contributed by atoms with Gasteiger partial charge in [0.2, 0.25) is 7.28 Å². The molecule has 0 fully saturated rings. The highest BCUT2D eigenvalue weighted by Crippen LogP contribution is 1.91. The van der Waals surface area contributed by atoms with E-state index in [0.29, 0.717) is 6.32 Å². The van der Waals surface area contributed by atoms with Crippen LogP contribution >= 0.6 is 0 Å². The van der Waals surface area contributed by atoms with Gasteiger partial charge in [-0.15, -0.1) is 0 Å². The number of rotatable bonds is 6. The monoisotopic (exact) mass is 171 g/mol. The standard InChI is InChI=1S/C7H16BN2O2/c1-5(11)3-8-7(12)6(4-9)10-2/h5-6,10-11H,3-4,9H2,1-2H3. The molecule has 0 amide bonds. The summed E-state index contributed by atoms with van der Waals surface area (Å²) < 4.78 is 0. The molecule has 0 rings (SSSR count). The van der Waals surface area contributed by atoms with Crippen LogP contribution in [0.4, 0.5) is 0 Å². The maximum Gasteiger partial charge on any atom is 0.207 e. The SMILES string of the molecule is CNC(CN)C(=O)[B]CC(C)O. The van der Waals surface area contributed by atoms with Gasteiger partial charge in [-0.05, 0) is 20.3 Å². The molecule has 2 unspecified atom stereocenters. The Morgan fingerprint density at radius 3 is 2.67 bits per heavy atom. The summed E-state index contributed by atoms with van der Waals surface area (Å²) in [5.41, 5.74) is 5.27. The molecule has 0 aliphatic heterocycles. The van der Waals surface area contributed by atoms with Crippen molar-refractivity contribution < 1.29 is 9.90 Å². The molecular formula is C7H16BN2O2. The Labute approximate surface area is 73.8 Å². The predicted octanol–water partition coefficient (Wildman–Crippen LogP) is -1.44. The zero-order valence-electron chi connectivity index (χ0n) is 7.58. The number of carbonyl (C=O) groups is 1. The fraction of sp³-hybridized carbons (Fsp3) is 0.857. The lowest BCUT2D eigenvalue weighted by Gasteiger charge is -2.12. The molecule has 12 heavy (non-hydrogen) atoms. The molecule has 0 aliphatic carbocycles. The lowest BCUT2D eigenvalue weighted by molar-refractivity contribution is -0.113. The summed E-state index contributed by atoms with van der Waals surface area (Å²) in [6, 6.07) is -0.316. The molecule has 2 atom stereocenters. The quantitative estimate of drug-likeness (QED) is 0.428. The fourth-order valence-electron chi connectivity index (χ4n) is 0.805. The van der Waals surface area contributed by atoms with E-state index < -0.39 is 6.10 Å². The predicted molar refractivity (Wildman–Crippen MR) is 49.2 cm³/mol. The van der Waals surface area contributed by atoms with E-state index in [1.807, 2.05) is 0 Å². The van der Waals surface area contributed by atoms with Crippen molar-refractivity contribution >= 4 is 13.0 Å². The van der Waals surface area contributed by atoms with Crippen molar-refractivity contribution in [2.75, 3.05) is 13.6 Å². The van der Waals surface area contributed by atoms with Crippen molar-refractivity contribution in [3.8, 4) is 0 Å². The lowest BCUT2D eigenvalue weighted by atomic mass is 9.65. The summed E-state index contributed by atoms with van der Waals surface area (Å²) in [4.78, 5) is 11.2. The minimum atomic E-state index is -0.468. The molecule has 4 N–H and O–H groups in total. The molecule has 0 spiro atoms. The van der Waals surface area contributed by atoms with Gasteiger partial charge in [0.1, 0.15) is 5.68 Å². The number of aliphatic hydroxyl groups is 1. The van der Waals surface area contributed by atoms with E-state index >= 15 is 0 Å². The Bertz CT molecular complexity index is 137. The Kier molecular flexibility index (Phi) is 5.97. The van der Waals surface area contributed by atoms with E-state index in [2.05, 4.69) is 5.32 Å². The number of aliphatic hydroxyl groups excluding tert-OH is 1. The van der Waals surface area contributed by atoms with Crippen LogP contribution in [-0.2, 0) is 4.79 Å². The summed E-state index contributed by atoms with van der Waals surface area (Å²) >= 11 is 0. The molecular weight excluding hydrogens is 155 g/mol. The van der Waals surface area contributed by atoms with Crippen LogP contribution < -0.4 is 11.1 Å². The lowest BCUT2D eigenvalue weighted by Crippen LogP contribution is -2.43. The second kappa shape index (κ2) is 6.17. The smallest absolute Gasteiger partial charge is 0.207 e. The topological polar surface area (TPSA) is 75.3 Å². The highest BCUT2D eigenvalue weighted by atomic mass is 16.3. The Hall–Kier alpha value is -0.385. The maximum atomic E-state index is 11.2. The number of nitrogens with two attached hydrogens (primary N) is 1. The highest BCUT2D eigenvalue weighted by molar-refractivity contribution is 6.75. The Balaban J connectivity index is 3.69. The van der Waals surface area contributed by atoms with Crippen molar-refractivity contribution in [1.29, 1.82) is 0 Å². The first-order valence-corrected chi connectivity index (χ1v) is 4.04. The van der Waals surface area contributed by atoms with Gasteiger partial charge < -0.3 is 21.0 Å². The molecule has 0 aromatic heterocycles. The summed E-state index contributed by atoms with van der Waals surface area (Å²) in [7, 11) is 3.16. The van der Waals surface area contributed by atoms with Crippen molar-refractivity contribution in [3.63, 3.8) is 0 Å². The zero-order valence-corrected chi connectivity index (χ0v) is 7.58. The van der Waals surface area contributed by atoms with Crippen LogP contribution in [0.25, 0.3) is 0 Å². The Morgan fingerprint density at radius 1 is 1.75 bits per heavy atom. The van der Waals surface area contributed by atoms with Gasteiger partial charge in [-0.3, -0.25) is 0 Å². The molecule has 0 bridgehead atoms. The van der Waals surface area contributed by atoms with E-state index in [1.165, 1.54) is 7.28 Å². The van der Waals surface area contributed by atoms with E-state index in [-0.39, 0.29) is 18.3 Å². The van der Waals surface area contributed by atoms with Crippen molar-refractivity contribution in [3.05, 3.63) is 0 Å². The first-order valence-electron chi connectivity index (χ1n) is 4.04. The van der Waals surface area contributed by atoms with Gasteiger partial charge in [-0.2, -0.15) is 0 Å². The number of carbonyl (C=O) groups excluding carboxylic acids is 1. The molecule has 0 aliphatic rings. The largest absolute Gasteiger partial charge is 0.394 e. The molecule has 0 heterocycles. The maximum absolute atomic E-state index is 11.2. The minimum absolute atomic E-state index is 0.0547. The van der Waals surface area contributed by atoms with Crippen LogP contribution in [0.3, 0.4) is 0 Å². The number of hydrogen-bond donors (Lipinski definition) is 3. The van der Waals surface area contributed by atoms with Crippen LogP contribution in [0.15, 0.2) is 0 Å². The molecule has 0 saturated carbocycles. The molecule has 0 aromatic rings. The third-order valence-corrected chi connectivity index (χ3v) is 1.59. The van der Waals surface area contributed by atoms with Gasteiger partial charge in [0.25, 0.3) is 0 Å². The summed E-state index contributed by atoms with van der Waals surface area (Å²) in [6.45, 7) is 1.92. The average Bonchev–Trinajstić information content (AvgIpc) is 2.03. The molecule has 5 heteroatoms. The second-order valence-electron chi connectivity index (χ2n) is 2.77. The van der Waals surface area contributed by atoms with Gasteiger partial charge in [0.15, 0.2) is 0 Å². The third kappa shape index (κ3) is 4.48. The summed E-state index contributed by atoms with van der Waals surface area (Å²) in [5.74, 6) is 0. The molecule has 4 nitrogen and oxygen atoms in total. The number of hydrogen-bond acceptors (Lipinski definition) is 4. The van der Waals surface area contributed by atoms with Crippen LogP contribution in [0.5, 0.6) is 0 Å². The second-order valence-corrected chi connectivity index (χ2v) is 2.77. The normalized spacial score (nSPS) is 15.3. The molecule has 0 aromatic carbocycles. The zero-order chi connectivity index (χ0) is 9.56. The van der Waals surface area contributed by atoms with Crippen LogP contribution in [0.2, 0.25) is 6.32 Å². The van der Waals surface area contributed by atoms with E-state index in [1.54, 1.807) is 14.0 Å². The molecule has 0 saturated heterocycles. The summed E-state index contributed by atoms with van der Waals surface area (Å²) in [6.07, 6.45) is -0.0824. The van der Waals surface area contributed by atoms with Gasteiger partial charge in [-0.25, -0.2) is 0 Å². The van der Waals surface area contributed by atoms with Crippen molar-refractivity contribution in [2.45, 2.75) is 25.4 Å². The average molecular weight is 171 g/mol. The first-order chi connectivity index (χ1) is 5.61. The van der Waals surface area contributed by atoms with E-state index in [4.69, 9.17) is 10.8 Å². The van der Waals surface area contributed by atoms with Crippen molar-refractivity contribution in [2.24, 2.45) is 5.73 Å². The van der Waals surface area contributed by atoms with Gasteiger partial charge in [0.05, 0.1) is 6.04 Å². The van der Waals surface area contributed by atoms with Crippen molar-refractivity contribution in [1.82, 2.24) is 5.32 Å². The highest BCUT2D eigenvalue weighted by Gasteiger charge is 2.15. The van der Waals surface area contributed by atoms with Gasteiger partial charge in [0, 0.05) is 12.6 Å². The molecule has 1 radical (unpaired) electrons. The minimum Gasteiger partial charge on any atom is -0.394 e. The van der Waals surface area contributed by atoms with E-state index in [0.717, 1.165) is 0 Å². The number of likely N-dealkylation sites (N-methyl/N-ethyl adjacent to an activating group) is 1.